The second-order valence-electron chi connectivity index (χ2n) is 7.03. The van der Waals surface area contributed by atoms with Crippen LogP contribution in [-0.2, 0) is 11.3 Å². The third kappa shape index (κ3) is 3.20. The molecule has 1 aromatic carbocycles. The minimum Gasteiger partial charge on any atom is -0.345 e. The predicted octanol–water partition coefficient (Wildman–Crippen LogP) is 3.27. The van der Waals surface area contributed by atoms with Crippen molar-refractivity contribution in [2.24, 2.45) is 0 Å². The summed E-state index contributed by atoms with van der Waals surface area (Å²) < 4.78 is 3.47. The molecule has 4 rings (SSSR count). The van der Waals surface area contributed by atoms with Crippen LogP contribution in [0.5, 0.6) is 0 Å². The summed E-state index contributed by atoms with van der Waals surface area (Å²) in [6.07, 6.45) is 1.43. The molecule has 0 unspecified atom stereocenters. The van der Waals surface area contributed by atoms with Gasteiger partial charge in [0.05, 0.1) is 28.8 Å². The van der Waals surface area contributed by atoms with E-state index in [1.165, 1.54) is 22.2 Å². The fraction of sp³-hybridized carbons (Fsp3) is 0.300. The van der Waals surface area contributed by atoms with E-state index in [0.29, 0.717) is 10.2 Å². The average molecular weight is 395 g/mol. The van der Waals surface area contributed by atoms with Gasteiger partial charge in [-0.05, 0) is 44.4 Å². The lowest BCUT2D eigenvalue weighted by molar-refractivity contribution is -0.122. The number of imidazole rings is 1. The maximum absolute atomic E-state index is 12.6. The Morgan fingerprint density at radius 2 is 2.00 bits per heavy atom. The molecule has 0 aliphatic carbocycles. The molecule has 7 nitrogen and oxygen atoms in total. The Hall–Kier alpha value is -3.00. The fourth-order valence-corrected chi connectivity index (χ4v) is 4.15. The first kappa shape index (κ1) is 18.4. The van der Waals surface area contributed by atoms with Crippen LogP contribution in [0.1, 0.15) is 38.7 Å². The Bertz CT molecular complexity index is 1220. The normalized spacial score (nSPS) is 12.7. The highest BCUT2D eigenvalue weighted by atomic mass is 32.1. The van der Waals surface area contributed by atoms with Crippen LogP contribution in [0.4, 0.5) is 0 Å². The van der Waals surface area contributed by atoms with Crippen molar-refractivity contribution < 1.29 is 4.79 Å². The Morgan fingerprint density at radius 1 is 1.21 bits per heavy atom. The van der Waals surface area contributed by atoms with Crippen LogP contribution in [0.25, 0.3) is 21.3 Å². The molecule has 1 N–H and O–H groups in total. The van der Waals surface area contributed by atoms with E-state index in [0.717, 1.165) is 16.9 Å². The number of aromatic nitrogens is 4. The van der Waals surface area contributed by atoms with Crippen LogP contribution in [-0.4, -0.2) is 25.0 Å². The average Bonchev–Trinajstić information content (AvgIpc) is 3.28. The number of amides is 1. The number of carbonyl (C=O) groups is 1. The highest BCUT2D eigenvalue weighted by Crippen LogP contribution is 2.24. The van der Waals surface area contributed by atoms with Crippen LogP contribution in [0.2, 0.25) is 0 Å². The van der Waals surface area contributed by atoms with Gasteiger partial charge < -0.3 is 9.88 Å². The SMILES string of the molecule is CC(C)n1c([C@@H](C)NC(=O)Cn2cnc3sccc3c2=O)nc2ccccc21. The highest BCUT2D eigenvalue weighted by Gasteiger charge is 2.20. The lowest BCUT2D eigenvalue weighted by atomic mass is 10.2. The van der Waals surface area contributed by atoms with Gasteiger partial charge in [0.25, 0.3) is 5.56 Å². The lowest BCUT2D eigenvalue weighted by Crippen LogP contribution is -2.34. The molecule has 4 aromatic rings. The van der Waals surface area contributed by atoms with Crippen LogP contribution in [0, 0.1) is 0 Å². The van der Waals surface area contributed by atoms with Crippen LogP contribution in [0.15, 0.2) is 46.8 Å². The number of nitrogens with zero attached hydrogens (tertiary/aromatic N) is 4. The van der Waals surface area contributed by atoms with Crippen molar-refractivity contribution in [2.45, 2.75) is 39.4 Å². The summed E-state index contributed by atoms with van der Waals surface area (Å²) in [5.41, 5.74) is 1.73. The minimum absolute atomic E-state index is 0.0795. The number of hydrogen-bond donors (Lipinski definition) is 1. The summed E-state index contributed by atoms with van der Waals surface area (Å²) >= 11 is 1.41. The molecule has 144 valence electrons. The third-order valence-corrected chi connectivity index (χ3v) is 5.49. The molecule has 0 aliphatic rings. The van der Waals surface area contributed by atoms with Crippen molar-refractivity contribution in [2.75, 3.05) is 0 Å². The molecule has 3 heterocycles. The largest absolute Gasteiger partial charge is 0.345 e. The highest BCUT2D eigenvalue weighted by molar-refractivity contribution is 7.16. The van der Waals surface area contributed by atoms with E-state index in [2.05, 4.69) is 28.7 Å². The first-order valence-corrected chi connectivity index (χ1v) is 10.0. The number of fused-ring (bicyclic) bond motifs is 2. The molecule has 28 heavy (non-hydrogen) atoms. The van der Waals surface area contributed by atoms with Crippen molar-refractivity contribution in [1.82, 2.24) is 24.4 Å². The summed E-state index contributed by atoms with van der Waals surface area (Å²) in [4.78, 5) is 34.7. The van der Waals surface area contributed by atoms with Crippen LogP contribution < -0.4 is 10.9 Å². The van der Waals surface area contributed by atoms with Crippen molar-refractivity contribution in [3.05, 3.63) is 58.2 Å². The van der Waals surface area contributed by atoms with E-state index in [4.69, 9.17) is 4.98 Å². The second kappa shape index (κ2) is 7.20. The van der Waals surface area contributed by atoms with Crippen LogP contribution in [0.3, 0.4) is 0 Å². The molecule has 1 atom stereocenters. The van der Waals surface area contributed by atoms with E-state index in [-0.39, 0.29) is 30.1 Å². The number of hydrogen-bond acceptors (Lipinski definition) is 5. The molecule has 0 saturated heterocycles. The first-order valence-electron chi connectivity index (χ1n) is 9.14. The molecule has 0 bridgehead atoms. The summed E-state index contributed by atoms with van der Waals surface area (Å²) in [6.45, 7) is 6.01. The number of benzene rings is 1. The zero-order valence-corrected chi connectivity index (χ0v) is 16.7. The minimum atomic E-state index is -0.296. The Balaban J connectivity index is 1.58. The number of para-hydroxylation sites is 2. The quantitative estimate of drug-likeness (QED) is 0.562. The molecule has 1 amide bonds. The molecule has 0 radical (unpaired) electrons. The van der Waals surface area contributed by atoms with Gasteiger partial charge in [0.2, 0.25) is 5.91 Å². The Morgan fingerprint density at radius 3 is 2.79 bits per heavy atom. The van der Waals surface area contributed by atoms with E-state index < -0.39 is 0 Å². The lowest BCUT2D eigenvalue weighted by Gasteiger charge is -2.19. The maximum Gasteiger partial charge on any atom is 0.262 e. The fourth-order valence-electron chi connectivity index (χ4n) is 3.42. The van der Waals surface area contributed by atoms with E-state index in [1.807, 2.05) is 36.6 Å². The predicted molar refractivity (Wildman–Crippen MR) is 111 cm³/mol. The van der Waals surface area contributed by atoms with Crippen LogP contribution >= 0.6 is 11.3 Å². The van der Waals surface area contributed by atoms with Crippen molar-refractivity contribution in [3.8, 4) is 0 Å². The van der Waals surface area contributed by atoms with Gasteiger partial charge in [-0.2, -0.15) is 0 Å². The monoisotopic (exact) mass is 395 g/mol. The molecule has 0 fully saturated rings. The second-order valence-corrected chi connectivity index (χ2v) is 7.92. The molecule has 0 aliphatic heterocycles. The zero-order valence-electron chi connectivity index (χ0n) is 15.9. The summed E-state index contributed by atoms with van der Waals surface area (Å²) in [5.74, 6) is 0.539. The molecule has 3 aromatic heterocycles. The van der Waals surface area contributed by atoms with E-state index in [9.17, 15) is 9.59 Å². The summed E-state index contributed by atoms with van der Waals surface area (Å²) in [6, 6.07) is 9.57. The van der Waals surface area contributed by atoms with Gasteiger partial charge in [-0.25, -0.2) is 9.97 Å². The van der Waals surface area contributed by atoms with Gasteiger partial charge in [-0.3, -0.25) is 14.2 Å². The Labute approximate surface area is 165 Å². The molecular formula is C20H21N5O2S. The summed E-state index contributed by atoms with van der Waals surface area (Å²) in [7, 11) is 0. The summed E-state index contributed by atoms with van der Waals surface area (Å²) in [5, 5.41) is 5.32. The molecular weight excluding hydrogens is 374 g/mol. The molecule has 8 heteroatoms. The number of nitrogens with one attached hydrogen (secondary N) is 1. The number of thiophene rings is 1. The van der Waals surface area contributed by atoms with Gasteiger partial charge in [-0.15, -0.1) is 11.3 Å². The van der Waals surface area contributed by atoms with Gasteiger partial charge in [-0.1, -0.05) is 12.1 Å². The molecule has 0 saturated carbocycles. The zero-order chi connectivity index (χ0) is 19.8. The van der Waals surface area contributed by atoms with Crippen molar-refractivity contribution in [3.63, 3.8) is 0 Å². The van der Waals surface area contributed by atoms with Gasteiger partial charge >= 0.3 is 0 Å². The first-order chi connectivity index (χ1) is 13.5. The van der Waals surface area contributed by atoms with Crippen molar-refractivity contribution in [1.29, 1.82) is 0 Å². The molecule has 0 spiro atoms. The smallest absolute Gasteiger partial charge is 0.262 e. The third-order valence-electron chi connectivity index (χ3n) is 4.67. The van der Waals surface area contributed by atoms with Gasteiger partial charge in [0.1, 0.15) is 17.2 Å². The standard InChI is InChI=1S/C20H21N5O2S/c1-12(2)25-16-7-5-4-6-15(16)23-18(25)13(3)22-17(26)10-24-11-21-19-14(20(24)27)8-9-28-19/h4-9,11-13H,10H2,1-3H3,(H,22,26)/t13-/m1/s1. The van der Waals surface area contributed by atoms with E-state index >= 15 is 0 Å². The van der Waals surface area contributed by atoms with Gasteiger partial charge in [0, 0.05) is 6.04 Å². The number of carbonyl (C=O) groups excluding carboxylic acids is 1. The van der Waals surface area contributed by atoms with E-state index in [1.54, 1.807) is 6.07 Å². The Kier molecular flexibility index (Phi) is 4.72. The topological polar surface area (TPSA) is 81.8 Å². The maximum atomic E-state index is 12.6. The van der Waals surface area contributed by atoms with Crippen molar-refractivity contribution >= 4 is 38.5 Å². The number of rotatable bonds is 5. The van der Waals surface area contributed by atoms with Gasteiger partial charge in [0.15, 0.2) is 0 Å².